The van der Waals surface area contributed by atoms with Gasteiger partial charge in [0.05, 0.1) is 17.6 Å². The van der Waals surface area contributed by atoms with Gasteiger partial charge in [0.1, 0.15) is 5.75 Å². The average molecular weight is 358 g/mol. The van der Waals surface area contributed by atoms with E-state index in [1.165, 1.54) is 24.3 Å². The molecule has 7 nitrogen and oxygen atoms in total. The lowest BCUT2D eigenvalue weighted by Gasteiger charge is -2.12. The van der Waals surface area contributed by atoms with Crippen LogP contribution in [-0.2, 0) is 4.79 Å². The number of nitro groups is 1. The van der Waals surface area contributed by atoms with Crippen molar-refractivity contribution in [1.82, 2.24) is 5.32 Å². The lowest BCUT2D eigenvalue weighted by molar-refractivity contribution is -0.384. The monoisotopic (exact) mass is 358 g/mol. The first-order valence-electron chi connectivity index (χ1n) is 8.34. The van der Waals surface area contributed by atoms with Crippen molar-refractivity contribution in [3.8, 4) is 5.75 Å². The first-order chi connectivity index (χ1) is 12.5. The molecule has 1 atom stereocenters. The highest BCUT2D eigenvalue weighted by atomic mass is 16.6. The van der Waals surface area contributed by atoms with E-state index < -0.39 is 11.0 Å². The van der Waals surface area contributed by atoms with Crippen LogP contribution in [0.25, 0.3) is 0 Å². The van der Waals surface area contributed by atoms with Gasteiger partial charge in [0.25, 0.3) is 5.69 Å². The minimum atomic E-state index is -0.914. The molecule has 0 fully saturated rings. The number of nitrogens with one attached hydrogen (secondary N) is 1. The number of hydrogen-bond acceptors (Lipinski definition) is 5. The highest BCUT2D eigenvalue weighted by Crippen LogP contribution is 2.17. The van der Waals surface area contributed by atoms with Crippen LogP contribution in [0.2, 0.25) is 0 Å². The van der Waals surface area contributed by atoms with Crippen LogP contribution in [0.4, 0.5) is 5.69 Å². The van der Waals surface area contributed by atoms with Crippen molar-refractivity contribution in [2.24, 2.45) is 0 Å². The molecular formula is C19H22N2O5. The Kier molecular flexibility index (Phi) is 7.11. The van der Waals surface area contributed by atoms with Crippen molar-refractivity contribution in [2.75, 3.05) is 13.2 Å². The summed E-state index contributed by atoms with van der Waals surface area (Å²) in [6.07, 6.45) is -0.0602. The molecule has 0 heterocycles. The van der Waals surface area contributed by atoms with E-state index in [1.807, 2.05) is 31.2 Å². The zero-order chi connectivity index (χ0) is 18.9. The van der Waals surface area contributed by atoms with Gasteiger partial charge in [-0.3, -0.25) is 14.9 Å². The number of non-ortho nitro benzene ring substituents is 1. The lowest BCUT2D eigenvalue weighted by Crippen LogP contribution is -2.28. The third-order valence-electron chi connectivity index (χ3n) is 3.79. The summed E-state index contributed by atoms with van der Waals surface area (Å²) < 4.78 is 5.58. The Morgan fingerprint density at radius 1 is 1.27 bits per heavy atom. The fraction of sp³-hybridized carbons (Fsp3) is 0.316. The van der Waals surface area contributed by atoms with Crippen LogP contribution in [0.15, 0.2) is 48.5 Å². The largest absolute Gasteiger partial charge is 0.494 e. The average Bonchev–Trinajstić information content (AvgIpc) is 2.63. The minimum absolute atomic E-state index is 0.0430. The second-order valence-corrected chi connectivity index (χ2v) is 5.94. The Balaban J connectivity index is 1.67. The molecule has 0 saturated heterocycles. The number of aliphatic hydroxyl groups excluding tert-OH is 1. The zero-order valence-electron chi connectivity index (χ0n) is 14.6. The van der Waals surface area contributed by atoms with Crippen molar-refractivity contribution < 1.29 is 19.6 Å². The second kappa shape index (κ2) is 9.53. The van der Waals surface area contributed by atoms with Gasteiger partial charge in [-0.1, -0.05) is 12.1 Å². The fourth-order valence-corrected chi connectivity index (χ4v) is 2.36. The van der Waals surface area contributed by atoms with E-state index in [4.69, 9.17) is 4.74 Å². The predicted molar refractivity (Wildman–Crippen MR) is 97.0 cm³/mol. The summed E-state index contributed by atoms with van der Waals surface area (Å²) in [6, 6.07) is 13.3. The van der Waals surface area contributed by atoms with Crippen molar-refractivity contribution in [1.29, 1.82) is 0 Å². The second-order valence-electron chi connectivity index (χ2n) is 5.94. The smallest absolute Gasteiger partial charge is 0.269 e. The first kappa shape index (κ1) is 19.4. The van der Waals surface area contributed by atoms with E-state index in [9.17, 15) is 20.0 Å². The van der Waals surface area contributed by atoms with Gasteiger partial charge in [0.15, 0.2) is 0 Å². The van der Waals surface area contributed by atoms with Crippen LogP contribution in [0.5, 0.6) is 5.75 Å². The third-order valence-corrected chi connectivity index (χ3v) is 3.79. The van der Waals surface area contributed by atoms with Gasteiger partial charge in [0, 0.05) is 25.1 Å². The van der Waals surface area contributed by atoms with E-state index in [1.54, 1.807) is 0 Å². The summed E-state index contributed by atoms with van der Waals surface area (Å²) in [7, 11) is 0. The summed E-state index contributed by atoms with van der Waals surface area (Å²) in [5.41, 5.74) is 1.58. The summed E-state index contributed by atoms with van der Waals surface area (Å²) in [4.78, 5) is 21.9. The van der Waals surface area contributed by atoms with E-state index in [2.05, 4.69) is 5.32 Å². The van der Waals surface area contributed by atoms with Gasteiger partial charge >= 0.3 is 0 Å². The predicted octanol–water partition coefficient (Wildman–Crippen LogP) is 2.91. The quantitative estimate of drug-likeness (QED) is 0.408. The normalized spacial score (nSPS) is 11.6. The van der Waals surface area contributed by atoms with Crippen LogP contribution in [0.3, 0.4) is 0 Å². The van der Waals surface area contributed by atoms with Crippen molar-refractivity contribution in [3.63, 3.8) is 0 Å². The maximum atomic E-state index is 11.8. The Bertz CT molecular complexity index is 746. The third kappa shape index (κ3) is 6.18. The van der Waals surface area contributed by atoms with Gasteiger partial charge in [-0.15, -0.1) is 0 Å². The number of nitrogens with zero attached hydrogens (tertiary/aromatic N) is 1. The summed E-state index contributed by atoms with van der Waals surface area (Å²) in [5.74, 6) is 0.595. The molecule has 7 heteroatoms. The fourth-order valence-electron chi connectivity index (χ4n) is 2.36. The molecule has 1 amide bonds. The Hall–Kier alpha value is -2.93. The van der Waals surface area contributed by atoms with E-state index in [0.29, 0.717) is 25.0 Å². The Labute approximate surface area is 151 Å². The number of carbonyl (C=O) groups is 1. The van der Waals surface area contributed by atoms with Crippen LogP contribution in [0, 0.1) is 17.0 Å². The molecule has 0 aromatic heterocycles. The Morgan fingerprint density at radius 3 is 2.65 bits per heavy atom. The maximum absolute atomic E-state index is 11.8. The lowest BCUT2D eigenvalue weighted by atomic mass is 10.1. The first-order valence-corrected chi connectivity index (χ1v) is 8.34. The molecular weight excluding hydrogens is 336 g/mol. The maximum Gasteiger partial charge on any atom is 0.269 e. The van der Waals surface area contributed by atoms with Crippen LogP contribution < -0.4 is 10.1 Å². The van der Waals surface area contributed by atoms with Gasteiger partial charge in [-0.2, -0.15) is 0 Å². The number of amides is 1. The number of rotatable bonds is 9. The molecule has 0 unspecified atom stereocenters. The summed E-state index contributed by atoms with van der Waals surface area (Å²) in [6.45, 7) is 2.47. The molecule has 0 bridgehead atoms. The number of ether oxygens (including phenoxy) is 1. The molecule has 138 valence electrons. The zero-order valence-corrected chi connectivity index (χ0v) is 14.6. The van der Waals surface area contributed by atoms with Gasteiger partial charge < -0.3 is 15.2 Å². The van der Waals surface area contributed by atoms with Crippen LogP contribution >= 0.6 is 0 Å². The van der Waals surface area contributed by atoms with Crippen molar-refractivity contribution >= 4 is 11.6 Å². The summed E-state index contributed by atoms with van der Waals surface area (Å²) in [5, 5.41) is 23.3. The highest BCUT2D eigenvalue weighted by Gasteiger charge is 2.12. The highest BCUT2D eigenvalue weighted by molar-refractivity contribution is 5.75. The van der Waals surface area contributed by atoms with E-state index in [-0.39, 0.29) is 18.1 Å². The minimum Gasteiger partial charge on any atom is -0.494 e. The summed E-state index contributed by atoms with van der Waals surface area (Å²) >= 11 is 0. The SMILES string of the molecule is Cc1cccc(OCCCC(=O)NC[C@@H](O)c2ccc([N+](=O)[O-])cc2)c1. The molecule has 0 radical (unpaired) electrons. The van der Waals surface area contributed by atoms with Gasteiger partial charge in [-0.05, 0) is 48.7 Å². The molecule has 0 saturated carbocycles. The number of nitro benzene ring substituents is 1. The van der Waals surface area contributed by atoms with Gasteiger partial charge in [0.2, 0.25) is 5.91 Å². The van der Waals surface area contributed by atoms with Crippen LogP contribution in [0.1, 0.15) is 30.1 Å². The van der Waals surface area contributed by atoms with Gasteiger partial charge in [-0.25, -0.2) is 0 Å². The van der Waals surface area contributed by atoms with Crippen molar-refractivity contribution in [2.45, 2.75) is 25.9 Å². The number of carbonyl (C=O) groups excluding carboxylic acids is 1. The molecule has 0 spiro atoms. The van der Waals surface area contributed by atoms with E-state index >= 15 is 0 Å². The number of benzene rings is 2. The number of aliphatic hydroxyl groups is 1. The van der Waals surface area contributed by atoms with E-state index in [0.717, 1.165) is 11.3 Å². The standard InChI is InChI=1S/C19H22N2O5/c1-14-4-2-5-17(12-14)26-11-3-6-19(23)20-13-18(22)15-7-9-16(10-8-15)21(24)25/h2,4-5,7-10,12,18,22H,3,6,11,13H2,1H3,(H,20,23)/t18-/m1/s1. The van der Waals surface area contributed by atoms with Crippen molar-refractivity contribution in [3.05, 3.63) is 69.8 Å². The number of aryl methyl sites for hydroxylation is 1. The van der Waals surface area contributed by atoms with Crippen LogP contribution in [-0.4, -0.2) is 29.1 Å². The molecule has 2 rings (SSSR count). The molecule has 0 aliphatic carbocycles. The molecule has 26 heavy (non-hydrogen) atoms. The molecule has 2 N–H and O–H groups in total. The Morgan fingerprint density at radius 2 is 2.00 bits per heavy atom. The molecule has 2 aromatic carbocycles. The number of hydrogen-bond donors (Lipinski definition) is 2. The topological polar surface area (TPSA) is 102 Å². The molecule has 0 aliphatic heterocycles. The molecule has 0 aliphatic rings. The molecule has 2 aromatic rings.